The minimum Gasteiger partial charge on any atom is -0.271 e. The zero-order chi connectivity index (χ0) is 8.81. The molecule has 72 valence electrons. The highest BCUT2D eigenvalue weighted by molar-refractivity contribution is 5.85. The average molecular weight is 203 g/mol. The zero-order valence-electron chi connectivity index (χ0n) is 7.03. The smallest absolute Gasteiger partial charge is 0.0918 e. The molecule has 2 nitrogen and oxygen atoms in total. The molecule has 0 aromatic heterocycles. The molecule has 0 saturated carbocycles. The Labute approximate surface area is 83.0 Å². The summed E-state index contributed by atoms with van der Waals surface area (Å²) in [6, 6.07) is 9.27. The summed E-state index contributed by atoms with van der Waals surface area (Å²) < 4.78 is 12.3. The van der Waals surface area contributed by atoms with Crippen LogP contribution in [-0.2, 0) is 0 Å². The van der Waals surface area contributed by atoms with Gasteiger partial charge in [0, 0.05) is 12.1 Å². The van der Waals surface area contributed by atoms with Crippen molar-refractivity contribution in [2.24, 2.45) is 5.84 Å². The topological polar surface area (TPSA) is 38.0 Å². The average Bonchev–Trinajstić information content (AvgIpc) is 2.15. The minimum atomic E-state index is 0. The number of hydrazine groups is 1. The standard InChI is InChI=1S/C9H11FN2.ClH/c10-6-9(7-12-11)8-4-2-1-3-5-8;/h1-6,12H,7,11H2;1H. The third-order valence-electron chi connectivity index (χ3n) is 1.57. The molecule has 0 aliphatic carbocycles. The monoisotopic (exact) mass is 202 g/mol. The molecule has 1 rings (SSSR count). The lowest BCUT2D eigenvalue weighted by atomic mass is 10.1. The molecule has 0 fully saturated rings. The number of nitrogens with one attached hydrogen (secondary N) is 1. The summed E-state index contributed by atoms with van der Waals surface area (Å²) in [6.07, 6.45) is 0.565. The first-order valence-electron chi connectivity index (χ1n) is 3.66. The Morgan fingerprint density at radius 3 is 2.46 bits per heavy atom. The first-order chi connectivity index (χ1) is 5.88. The van der Waals surface area contributed by atoms with Gasteiger partial charge in [-0.25, -0.2) is 4.39 Å². The third-order valence-corrected chi connectivity index (χ3v) is 1.57. The van der Waals surface area contributed by atoms with E-state index in [1.54, 1.807) is 0 Å². The fraction of sp³-hybridized carbons (Fsp3) is 0.111. The maximum Gasteiger partial charge on any atom is 0.0918 e. The second-order valence-corrected chi connectivity index (χ2v) is 2.38. The summed E-state index contributed by atoms with van der Waals surface area (Å²) in [5.41, 5.74) is 3.81. The highest BCUT2D eigenvalue weighted by atomic mass is 35.5. The van der Waals surface area contributed by atoms with E-state index in [1.807, 2.05) is 30.3 Å². The summed E-state index contributed by atoms with van der Waals surface area (Å²) >= 11 is 0. The third kappa shape index (κ3) is 3.55. The zero-order valence-corrected chi connectivity index (χ0v) is 7.85. The van der Waals surface area contributed by atoms with Gasteiger partial charge < -0.3 is 0 Å². The molecule has 0 aliphatic heterocycles. The number of hydrogen-bond donors (Lipinski definition) is 2. The fourth-order valence-electron chi connectivity index (χ4n) is 0.966. The van der Waals surface area contributed by atoms with Crippen LogP contribution in [0.25, 0.3) is 5.57 Å². The molecule has 0 amide bonds. The quantitative estimate of drug-likeness (QED) is 0.580. The summed E-state index contributed by atoms with van der Waals surface area (Å²) in [4.78, 5) is 0. The summed E-state index contributed by atoms with van der Waals surface area (Å²) in [6.45, 7) is 0.334. The summed E-state index contributed by atoms with van der Waals surface area (Å²) in [5, 5.41) is 0. The first-order valence-corrected chi connectivity index (χ1v) is 3.66. The normalized spacial score (nSPS) is 10.8. The first kappa shape index (κ1) is 12.1. The van der Waals surface area contributed by atoms with Gasteiger partial charge in [-0.3, -0.25) is 11.3 Å². The lowest BCUT2D eigenvalue weighted by Gasteiger charge is -2.03. The minimum absolute atomic E-state index is 0. The molecule has 1 aromatic rings. The lowest BCUT2D eigenvalue weighted by Crippen LogP contribution is -2.23. The molecule has 0 spiro atoms. The Hall–Kier alpha value is -0.900. The maximum absolute atomic E-state index is 12.3. The van der Waals surface area contributed by atoms with Crippen LogP contribution in [0, 0.1) is 0 Å². The number of halogens is 2. The van der Waals surface area contributed by atoms with Gasteiger partial charge in [-0.1, -0.05) is 30.3 Å². The fourth-order valence-corrected chi connectivity index (χ4v) is 0.966. The van der Waals surface area contributed by atoms with Crippen LogP contribution in [0.15, 0.2) is 36.7 Å². The Balaban J connectivity index is 0.00000144. The van der Waals surface area contributed by atoms with Crippen molar-refractivity contribution in [1.29, 1.82) is 0 Å². The van der Waals surface area contributed by atoms with E-state index in [1.165, 1.54) is 0 Å². The van der Waals surface area contributed by atoms with E-state index in [4.69, 9.17) is 5.84 Å². The van der Waals surface area contributed by atoms with Crippen LogP contribution in [0.3, 0.4) is 0 Å². The lowest BCUT2D eigenvalue weighted by molar-refractivity contribution is 0.714. The molecule has 0 heterocycles. The van der Waals surface area contributed by atoms with Crippen molar-refractivity contribution >= 4 is 18.0 Å². The second kappa shape index (κ2) is 6.60. The van der Waals surface area contributed by atoms with E-state index in [2.05, 4.69) is 5.43 Å². The number of rotatable bonds is 3. The van der Waals surface area contributed by atoms with Gasteiger partial charge in [-0.15, -0.1) is 12.4 Å². The van der Waals surface area contributed by atoms with Crippen molar-refractivity contribution in [3.63, 3.8) is 0 Å². The molecule has 1 aromatic carbocycles. The molecule has 13 heavy (non-hydrogen) atoms. The predicted molar refractivity (Wildman–Crippen MR) is 55.0 cm³/mol. The molecule has 0 aliphatic rings. The van der Waals surface area contributed by atoms with Crippen LogP contribution in [0.4, 0.5) is 4.39 Å². The van der Waals surface area contributed by atoms with Gasteiger partial charge in [-0.2, -0.15) is 0 Å². The van der Waals surface area contributed by atoms with Crippen molar-refractivity contribution < 1.29 is 4.39 Å². The van der Waals surface area contributed by atoms with E-state index >= 15 is 0 Å². The van der Waals surface area contributed by atoms with E-state index < -0.39 is 0 Å². The van der Waals surface area contributed by atoms with Crippen molar-refractivity contribution in [3.8, 4) is 0 Å². The van der Waals surface area contributed by atoms with Gasteiger partial charge >= 0.3 is 0 Å². The SMILES string of the molecule is Cl.NNCC(=CF)c1ccccc1. The van der Waals surface area contributed by atoms with Gasteiger partial charge in [0.15, 0.2) is 0 Å². The van der Waals surface area contributed by atoms with Gasteiger partial charge in [0.25, 0.3) is 0 Å². The van der Waals surface area contributed by atoms with E-state index in [-0.39, 0.29) is 12.4 Å². The summed E-state index contributed by atoms with van der Waals surface area (Å²) in [7, 11) is 0. The number of nitrogens with two attached hydrogens (primary N) is 1. The van der Waals surface area contributed by atoms with Crippen LogP contribution in [0.1, 0.15) is 5.56 Å². The molecular weight excluding hydrogens is 191 g/mol. The second-order valence-electron chi connectivity index (χ2n) is 2.38. The Morgan fingerprint density at radius 2 is 2.00 bits per heavy atom. The molecule has 0 saturated heterocycles. The maximum atomic E-state index is 12.3. The highest BCUT2D eigenvalue weighted by Crippen LogP contribution is 2.12. The van der Waals surface area contributed by atoms with Crippen molar-refractivity contribution in [1.82, 2.24) is 5.43 Å². The van der Waals surface area contributed by atoms with Crippen molar-refractivity contribution in [3.05, 3.63) is 42.2 Å². The van der Waals surface area contributed by atoms with Crippen LogP contribution >= 0.6 is 12.4 Å². The number of benzene rings is 1. The Morgan fingerprint density at radius 1 is 1.38 bits per heavy atom. The molecule has 3 N–H and O–H groups in total. The van der Waals surface area contributed by atoms with Gasteiger partial charge in [-0.05, 0) is 5.56 Å². The summed E-state index contributed by atoms with van der Waals surface area (Å²) in [5.74, 6) is 5.08. The molecule has 0 unspecified atom stereocenters. The molecule has 0 atom stereocenters. The Bertz CT molecular complexity index is 262. The van der Waals surface area contributed by atoms with Gasteiger partial charge in [0.2, 0.25) is 0 Å². The highest BCUT2D eigenvalue weighted by Gasteiger charge is 1.98. The van der Waals surface area contributed by atoms with Crippen LogP contribution in [0.2, 0.25) is 0 Å². The molecular formula is C9H12ClFN2. The number of hydrogen-bond acceptors (Lipinski definition) is 2. The van der Waals surface area contributed by atoms with Crippen LogP contribution < -0.4 is 11.3 Å². The van der Waals surface area contributed by atoms with Crippen molar-refractivity contribution in [2.45, 2.75) is 0 Å². The predicted octanol–water partition coefficient (Wildman–Crippen LogP) is 1.88. The largest absolute Gasteiger partial charge is 0.271 e. The Kier molecular flexibility index (Phi) is 6.14. The van der Waals surface area contributed by atoms with E-state index in [0.29, 0.717) is 18.4 Å². The van der Waals surface area contributed by atoms with Crippen molar-refractivity contribution in [2.75, 3.05) is 6.54 Å². The van der Waals surface area contributed by atoms with E-state index in [9.17, 15) is 4.39 Å². The molecule has 0 radical (unpaired) electrons. The van der Waals surface area contributed by atoms with Gasteiger partial charge in [0.05, 0.1) is 6.33 Å². The van der Waals surface area contributed by atoms with E-state index in [0.717, 1.165) is 5.56 Å². The van der Waals surface area contributed by atoms with Crippen LogP contribution in [0.5, 0.6) is 0 Å². The molecule has 4 heteroatoms. The van der Waals surface area contributed by atoms with Gasteiger partial charge in [0.1, 0.15) is 0 Å². The van der Waals surface area contributed by atoms with Crippen LogP contribution in [-0.4, -0.2) is 6.54 Å². The molecule has 0 bridgehead atoms.